The van der Waals surface area contributed by atoms with Gasteiger partial charge in [-0.3, -0.25) is 4.79 Å². The van der Waals surface area contributed by atoms with E-state index in [0.717, 1.165) is 24.3 Å². The number of halogens is 4. The van der Waals surface area contributed by atoms with Gasteiger partial charge in [0.2, 0.25) is 10.0 Å². The summed E-state index contributed by atoms with van der Waals surface area (Å²) < 4.78 is 62.2. The van der Waals surface area contributed by atoms with E-state index in [-0.39, 0.29) is 21.8 Å². The molecule has 0 aliphatic rings. The molecular weight excluding hydrogens is 509 g/mol. The van der Waals surface area contributed by atoms with Crippen LogP contribution in [0.1, 0.15) is 11.1 Å². The van der Waals surface area contributed by atoms with Gasteiger partial charge in [0.15, 0.2) is 11.5 Å². The van der Waals surface area contributed by atoms with Crippen molar-refractivity contribution in [2.24, 2.45) is 15.4 Å². The third-order valence-corrected chi connectivity index (χ3v) is 5.71. The average molecular weight is 525 g/mol. The van der Waals surface area contributed by atoms with Crippen LogP contribution in [0.5, 0.6) is 0 Å². The summed E-state index contributed by atoms with van der Waals surface area (Å²) >= 11 is 5.60. The van der Waals surface area contributed by atoms with E-state index in [1.807, 2.05) is 0 Å². The van der Waals surface area contributed by atoms with Gasteiger partial charge in [-0.25, -0.2) is 13.6 Å². The minimum Gasteiger partial charge on any atom is -0.505 e. The number of aliphatic hydroxyl groups excluding tert-OH is 1. The quantitative estimate of drug-likeness (QED) is 0.218. The van der Waals surface area contributed by atoms with Gasteiger partial charge in [-0.2, -0.15) is 18.3 Å². The van der Waals surface area contributed by atoms with Crippen LogP contribution >= 0.6 is 11.6 Å². The summed E-state index contributed by atoms with van der Waals surface area (Å²) in [6.45, 7) is 0. The van der Waals surface area contributed by atoms with E-state index in [1.165, 1.54) is 24.3 Å². The summed E-state index contributed by atoms with van der Waals surface area (Å²) in [4.78, 5) is 12.7. The summed E-state index contributed by atoms with van der Waals surface area (Å²) in [5.41, 5.74) is -1.72. The SMILES string of the molecule is NS(=O)(=O)c1ccc(NC(=O)C(N=Nc2ccc(Cl)c(C(F)(F)F)c2)=C(O)c2ccccc2)cc1. The van der Waals surface area contributed by atoms with Crippen LogP contribution in [0.3, 0.4) is 0 Å². The number of hydrogen-bond acceptors (Lipinski definition) is 6. The van der Waals surface area contributed by atoms with E-state index in [4.69, 9.17) is 16.7 Å². The van der Waals surface area contributed by atoms with Crippen LogP contribution in [0.25, 0.3) is 5.76 Å². The lowest BCUT2D eigenvalue weighted by molar-refractivity contribution is -0.137. The summed E-state index contributed by atoms with van der Waals surface area (Å²) in [6, 6.07) is 15.4. The molecule has 0 radical (unpaired) electrons. The molecule has 182 valence electrons. The summed E-state index contributed by atoms with van der Waals surface area (Å²) in [5.74, 6) is -1.57. The number of hydrogen-bond donors (Lipinski definition) is 3. The first-order valence-corrected chi connectivity index (χ1v) is 11.5. The van der Waals surface area contributed by atoms with Crippen molar-refractivity contribution < 1.29 is 31.5 Å². The second-order valence-corrected chi connectivity index (χ2v) is 8.92. The Bertz CT molecular complexity index is 1410. The van der Waals surface area contributed by atoms with Gasteiger partial charge in [-0.05, 0) is 42.5 Å². The Morgan fingerprint density at radius 1 is 1.00 bits per heavy atom. The van der Waals surface area contributed by atoms with Crippen LogP contribution in [0, 0.1) is 0 Å². The minimum atomic E-state index is -4.74. The van der Waals surface area contributed by atoms with Crippen molar-refractivity contribution in [1.82, 2.24) is 0 Å². The first-order valence-electron chi connectivity index (χ1n) is 9.57. The maximum absolute atomic E-state index is 13.1. The molecule has 0 atom stereocenters. The molecule has 3 aromatic rings. The Morgan fingerprint density at radius 3 is 2.20 bits per heavy atom. The van der Waals surface area contributed by atoms with Crippen molar-refractivity contribution in [3.63, 3.8) is 0 Å². The zero-order chi connectivity index (χ0) is 25.8. The van der Waals surface area contributed by atoms with Gasteiger partial charge in [0, 0.05) is 11.3 Å². The smallest absolute Gasteiger partial charge is 0.417 e. The number of sulfonamides is 1. The molecule has 0 bridgehead atoms. The highest BCUT2D eigenvalue weighted by Gasteiger charge is 2.33. The number of nitrogens with one attached hydrogen (secondary N) is 1. The molecule has 0 saturated carbocycles. The fourth-order valence-corrected chi connectivity index (χ4v) is 3.49. The molecule has 1 amide bonds. The molecule has 0 aliphatic heterocycles. The fourth-order valence-electron chi connectivity index (χ4n) is 2.75. The molecule has 0 unspecified atom stereocenters. The topological polar surface area (TPSA) is 134 Å². The number of rotatable bonds is 6. The van der Waals surface area contributed by atoms with Crippen molar-refractivity contribution in [3.05, 3.63) is 94.6 Å². The molecule has 35 heavy (non-hydrogen) atoms. The number of nitrogens with two attached hydrogens (primary N) is 1. The van der Waals surface area contributed by atoms with E-state index in [1.54, 1.807) is 18.2 Å². The molecule has 0 aliphatic carbocycles. The van der Waals surface area contributed by atoms with Gasteiger partial charge >= 0.3 is 6.18 Å². The first-order chi connectivity index (χ1) is 16.4. The molecule has 8 nitrogen and oxygen atoms in total. The highest BCUT2D eigenvalue weighted by Crippen LogP contribution is 2.37. The number of anilines is 1. The molecule has 0 aromatic heterocycles. The third-order valence-electron chi connectivity index (χ3n) is 4.45. The first kappa shape index (κ1) is 25.9. The van der Waals surface area contributed by atoms with Gasteiger partial charge in [-0.1, -0.05) is 41.9 Å². The van der Waals surface area contributed by atoms with Crippen LogP contribution in [0.15, 0.2) is 93.6 Å². The van der Waals surface area contributed by atoms with Crippen molar-refractivity contribution >= 4 is 44.7 Å². The summed E-state index contributed by atoms with van der Waals surface area (Å²) in [5, 5.41) is 24.9. The monoisotopic (exact) mass is 524 g/mol. The van der Waals surface area contributed by atoms with Crippen LogP contribution in [0.4, 0.5) is 24.5 Å². The summed E-state index contributed by atoms with van der Waals surface area (Å²) in [7, 11) is -3.96. The van der Waals surface area contributed by atoms with Gasteiger partial charge in [-0.15, -0.1) is 5.11 Å². The Balaban J connectivity index is 1.99. The molecule has 3 rings (SSSR count). The number of benzene rings is 3. The number of alkyl halides is 3. The van der Waals surface area contributed by atoms with Crippen molar-refractivity contribution in [2.75, 3.05) is 5.32 Å². The minimum absolute atomic E-state index is 0.127. The number of azo groups is 1. The second kappa shape index (κ2) is 10.3. The second-order valence-electron chi connectivity index (χ2n) is 6.95. The predicted molar refractivity (Wildman–Crippen MR) is 123 cm³/mol. The predicted octanol–water partition coefficient (Wildman–Crippen LogP) is 5.66. The number of primary sulfonamides is 1. The Morgan fingerprint density at radius 2 is 1.63 bits per heavy atom. The number of aliphatic hydroxyl groups is 1. The molecule has 0 fully saturated rings. The zero-order valence-electron chi connectivity index (χ0n) is 17.5. The van der Waals surface area contributed by atoms with Gasteiger partial charge in [0.25, 0.3) is 5.91 Å². The van der Waals surface area contributed by atoms with Gasteiger partial charge in [0.05, 0.1) is 21.2 Å². The average Bonchev–Trinajstić information content (AvgIpc) is 2.79. The number of amides is 1. The van der Waals surface area contributed by atoms with Crippen LogP contribution in [0.2, 0.25) is 5.02 Å². The maximum atomic E-state index is 13.1. The molecule has 3 aromatic carbocycles. The summed E-state index contributed by atoms with van der Waals surface area (Å²) in [6.07, 6.45) is -4.74. The lowest BCUT2D eigenvalue weighted by Crippen LogP contribution is -2.15. The molecule has 0 saturated heterocycles. The molecule has 0 spiro atoms. The van der Waals surface area contributed by atoms with E-state index in [0.29, 0.717) is 6.07 Å². The molecular formula is C22H16ClF3N4O4S. The van der Waals surface area contributed by atoms with Crippen molar-refractivity contribution in [1.29, 1.82) is 0 Å². The van der Waals surface area contributed by atoms with Crippen LogP contribution in [-0.2, 0) is 21.0 Å². The van der Waals surface area contributed by atoms with E-state index < -0.39 is 44.1 Å². The number of nitrogens with zero attached hydrogens (tertiary/aromatic N) is 2. The maximum Gasteiger partial charge on any atom is 0.417 e. The number of carbonyl (C=O) groups is 1. The fraction of sp³-hybridized carbons (Fsp3) is 0.0455. The molecule has 0 heterocycles. The molecule has 13 heteroatoms. The lowest BCUT2D eigenvalue weighted by Gasteiger charge is -2.10. The van der Waals surface area contributed by atoms with Crippen LogP contribution < -0.4 is 10.5 Å². The lowest BCUT2D eigenvalue weighted by atomic mass is 10.1. The Hall–Kier alpha value is -3.74. The third kappa shape index (κ3) is 6.66. The zero-order valence-corrected chi connectivity index (χ0v) is 19.1. The standard InChI is InChI=1S/C22H16ClF3N4O4S/c23-18-11-8-15(12-17(18)22(24,25)26)29-30-19(20(31)13-4-2-1-3-5-13)21(32)28-14-6-9-16(10-7-14)35(27,33)34/h1-12,31H,(H,28,32)(H2,27,33,34). The van der Waals surface area contributed by atoms with Gasteiger partial charge in [0.1, 0.15) is 0 Å². The van der Waals surface area contributed by atoms with Crippen molar-refractivity contribution in [3.8, 4) is 0 Å². The highest BCUT2D eigenvalue weighted by atomic mass is 35.5. The van der Waals surface area contributed by atoms with E-state index in [2.05, 4.69) is 15.5 Å². The highest BCUT2D eigenvalue weighted by molar-refractivity contribution is 7.89. The van der Waals surface area contributed by atoms with E-state index >= 15 is 0 Å². The van der Waals surface area contributed by atoms with Crippen LogP contribution in [-0.4, -0.2) is 19.4 Å². The Labute approximate surface area is 202 Å². The van der Waals surface area contributed by atoms with E-state index in [9.17, 15) is 31.5 Å². The molecule has 4 N–H and O–H groups in total. The Kier molecular flexibility index (Phi) is 7.58. The van der Waals surface area contributed by atoms with Crippen molar-refractivity contribution in [2.45, 2.75) is 11.1 Å². The number of carbonyl (C=O) groups excluding carboxylic acids is 1. The largest absolute Gasteiger partial charge is 0.505 e. The normalized spacial score (nSPS) is 12.9. The van der Waals surface area contributed by atoms with Gasteiger partial charge < -0.3 is 10.4 Å².